The Balaban J connectivity index is 1.69. The molecule has 6 nitrogen and oxygen atoms in total. The van der Waals surface area contributed by atoms with Gasteiger partial charge in [0.2, 0.25) is 5.91 Å². The zero-order valence-corrected chi connectivity index (χ0v) is 13.1. The van der Waals surface area contributed by atoms with Crippen molar-refractivity contribution in [3.05, 3.63) is 53.6 Å². The molecule has 0 aliphatic carbocycles. The van der Waals surface area contributed by atoms with E-state index in [4.69, 9.17) is 0 Å². The maximum atomic E-state index is 14.1. The van der Waals surface area contributed by atoms with Crippen LogP contribution in [0.5, 0.6) is 0 Å². The first kappa shape index (κ1) is 15.9. The second-order valence-corrected chi connectivity index (χ2v) is 5.61. The van der Waals surface area contributed by atoms with Crippen LogP contribution in [0, 0.1) is 5.82 Å². The van der Waals surface area contributed by atoms with Crippen LogP contribution in [0.25, 0.3) is 0 Å². The summed E-state index contributed by atoms with van der Waals surface area (Å²) in [6.07, 6.45) is 2.51. The third kappa shape index (κ3) is 3.51. The fourth-order valence-corrected chi connectivity index (χ4v) is 2.56. The maximum Gasteiger partial charge on any atom is 0.319 e. The lowest BCUT2D eigenvalue weighted by atomic mass is 10.0. The summed E-state index contributed by atoms with van der Waals surface area (Å²) in [6.45, 7) is 1.79. The highest BCUT2D eigenvalue weighted by Crippen LogP contribution is 2.28. The molecule has 0 fully saturated rings. The molecule has 1 aliphatic heterocycles. The first-order valence-corrected chi connectivity index (χ1v) is 7.63. The van der Waals surface area contributed by atoms with Gasteiger partial charge >= 0.3 is 6.03 Å². The number of aryl methyl sites for hydroxylation is 1. The van der Waals surface area contributed by atoms with Crippen LogP contribution in [0.4, 0.5) is 20.6 Å². The van der Waals surface area contributed by atoms with Gasteiger partial charge in [-0.3, -0.25) is 9.78 Å². The molecule has 1 aromatic carbocycles. The quantitative estimate of drug-likeness (QED) is 0.810. The molecule has 3 rings (SSSR count). The standard InChI is InChI=1S/C17H17FN4O2/c1-10(13-4-2-3-7-19-13)20-17(24)22-15-8-11-5-6-16(23)21-14(11)9-12(15)18/h2-4,7-10H,5-6H2,1H3,(H,21,23)(H2,20,22,24)/t10-/m1/s1. The van der Waals surface area contributed by atoms with E-state index < -0.39 is 11.8 Å². The Bertz CT molecular complexity index is 780. The van der Waals surface area contributed by atoms with Crippen molar-refractivity contribution in [1.82, 2.24) is 10.3 Å². The molecule has 0 bridgehead atoms. The lowest BCUT2D eigenvalue weighted by Gasteiger charge is -2.19. The highest BCUT2D eigenvalue weighted by atomic mass is 19.1. The van der Waals surface area contributed by atoms with Crippen LogP contribution >= 0.6 is 0 Å². The Kier molecular flexibility index (Phi) is 4.41. The van der Waals surface area contributed by atoms with Crippen molar-refractivity contribution in [2.75, 3.05) is 10.6 Å². The van der Waals surface area contributed by atoms with Gasteiger partial charge in [-0.2, -0.15) is 0 Å². The van der Waals surface area contributed by atoms with E-state index in [-0.39, 0.29) is 17.6 Å². The molecule has 2 aromatic rings. The van der Waals surface area contributed by atoms with Crippen molar-refractivity contribution in [3.8, 4) is 0 Å². The zero-order valence-electron chi connectivity index (χ0n) is 13.1. The number of benzene rings is 1. The Morgan fingerprint density at radius 3 is 2.92 bits per heavy atom. The largest absolute Gasteiger partial charge is 0.330 e. The van der Waals surface area contributed by atoms with E-state index >= 15 is 0 Å². The number of halogens is 1. The summed E-state index contributed by atoms with van der Waals surface area (Å²) in [4.78, 5) is 27.6. The molecular formula is C17H17FN4O2. The molecule has 124 valence electrons. The summed E-state index contributed by atoms with van der Waals surface area (Å²) in [7, 11) is 0. The van der Waals surface area contributed by atoms with Crippen LogP contribution < -0.4 is 16.0 Å². The van der Waals surface area contributed by atoms with Gasteiger partial charge < -0.3 is 16.0 Å². The number of fused-ring (bicyclic) bond motifs is 1. The van der Waals surface area contributed by atoms with E-state index in [1.54, 1.807) is 31.3 Å². The van der Waals surface area contributed by atoms with Gasteiger partial charge in [0.15, 0.2) is 0 Å². The summed E-state index contributed by atoms with van der Waals surface area (Å²) in [6, 6.07) is 7.36. The van der Waals surface area contributed by atoms with Gasteiger partial charge in [0, 0.05) is 18.3 Å². The predicted octanol–water partition coefficient (Wildman–Crippen LogP) is 2.99. The molecule has 3 amide bonds. The number of carbonyl (C=O) groups excluding carboxylic acids is 2. The van der Waals surface area contributed by atoms with Crippen molar-refractivity contribution in [2.24, 2.45) is 0 Å². The monoisotopic (exact) mass is 328 g/mol. The molecule has 0 radical (unpaired) electrons. The fraction of sp³-hybridized carbons (Fsp3) is 0.235. The number of amides is 3. The van der Waals surface area contributed by atoms with Crippen molar-refractivity contribution < 1.29 is 14.0 Å². The number of nitrogens with one attached hydrogen (secondary N) is 3. The topological polar surface area (TPSA) is 83.1 Å². The lowest BCUT2D eigenvalue weighted by molar-refractivity contribution is -0.116. The van der Waals surface area contributed by atoms with Crippen molar-refractivity contribution in [1.29, 1.82) is 0 Å². The van der Waals surface area contributed by atoms with Crippen molar-refractivity contribution in [2.45, 2.75) is 25.8 Å². The number of hydrogen-bond donors (Lipinski definition) is 3. The Morgan fingerprint density at radius 2 is 2.17 bits per heavy atom. The highest BCUT2D eigenvalue weighted by molar-refractivity contribution is 5.95. The van der Waals surface area contributed by atoms with E-state index in [2.05, 4.69) is 20.9 Å². The number of pyridine rings is 1. The van der Waals surface area contributed by atoms with Gasteiger partial charge in [0.25, 0.3) is 0 Å². The second-order valence-electron chi connectivity index (χ2n) is 5.61. The minimum Gasteiger partial charge on any atom is -0.330 e. The molecule has 0 saturated heterocycles. The molecule has 24 heavy (non-hydrogen) atoms. The van der Waals surface area contributed by atoms with Crippen molar-refractivity contribution >= 4 is 23.3 Å². The molecule has 1 aliphatic rings. The first-order valence-electron chi connectivity index (χ1n) is 7.63. The predicted molar refractivity (Wildman–Crippen MR) is 88.2 cm³/mol. The molecule has 1 aromatic heterocycles. The van der Waals surface area contributed by atoms with Gasteiger partial charge in [0.1, 0.15) is 5.82 Å². The van der Waals surface area contributed by atoms with E-state index in [9.17, 15) is 14.0 Å². The van der Waals surface area contributed by atoms with Crippen molar-refractivity contribution in [3.63, 3.8) is 0 Å². The van der Waals surface area contributed by atoms with Crippen LogP contribution in [0.15, 0.2) is 36.5 Å². The Hall–Kier alpha value is -2.96. The summed E-state index contributed by atoms with van der Waals surface area (Å²) in [5.41, 5.74) is 2.04. The van der Waals surface area contributed by atoms with Crippen LogP contribution in [0.1, 0.15) is 30.6 Å². The Labute approximate surface area is 138 Å². The second kappa shape index (κ2) is 6.66. The molecule has 2 heterocycles. The summed E-state index contributed by atoms with van der Waals surface area (Å²) in [5, 5.41) is 7.84. The van der Waals surface area contributed by atoms with Crippen LogP contribution in [-0.4, -0.2) is 16.9 Å². The van der Waals surface area contributed by atoms with Crippen LogP contribution in [-0.2, 0) is 11.2 Å². The van der Waals surface area contributed by atoms with Gasteiger partial charge in [-0.15, -0.1) is 0 Å². The molecule has 3 N–H and O–H groups in total. The minimum absolute atomic E-state index is 0.0793. The molecular weight excluding hydrogens is 311 g/mol. The van der Waals surface area contributed by atoms with Gasteiger partial charge in [-0.05, 0) is 43.2 Å². The van der Waals surface area contributed by atoms with E-state index in [1.165, 1.54) is 6.07 Å². The number of hydrogen-bond acceptors (Lipinski definition) is 3. The summed E-state index contributed by atoms with van der Waals surface area (Å²) < 4.78 is 14.1. The van der Waals surface area contributed by atoms with E-state index in [1.807, 2.05) is 6.07 Å². The average Bonchev–Trinajstić information content (AvgIpc) is 2.56. The number of rotatable bonds is 3. The third-order valence-electron chi connectivity index (χ3n) is 3.82. The normalized spacial score (nSPS) is 14.3. The highest BCUT2D eigenvalue weighted by Gasteiger charge is 2.19. The third-order valence-corrected chi connectivity index (χ3v) is 3.82. The number of aromatic nitrogens is 1. The fourth-order valence-electron chi connectivity index (χ4n) is 2.56. The minimum atomic E-state index is -0.600. The molecule has 0 unspecified atom stereocenters. The van der Waals surface area contributed by atoms with Crippen LogP contribution in [0.3, 0.4) is 0 Å². The van der Waals surface area contributed by atoms with Gasteiger partial charge in [0.05, 0.1) is 17.4 Å². The first-order chi connectivity index (χ1) is 11.5. The average molecular weight is 328 g/mol. The number of urea groups is 1. The lowest BCUT2D eigenvalue weighted by Crippen LogP contribution is -2.32. The summed E-state index contributed by atoms with van der Waals surface area (Å²) >= 11 is 0. The smallest absolute Gasteiger partial charge is 0.319 e. The zero-order chi connectivity index (χ0) is 17.1. The number of carbonyl (C=O) groups is 2. The molecule has 0 spiro atoms. The number of anilines is 2. The Morgan fingerprint density at radius 1 is 1.33 bits per heavy atom. The molecule has 1 atom stereocenters. The van der Waals surface area contributed by atoms with Gasteiger partial charge in [-0.25, -0.2) is 9.18 Å². The van der Waals surface area contributed by atoms with Gasteiger partial charge in [-0.1, -0.05) is 6.07 Å². The van der Waals surface area contributed by atoms with E-state index in [0.29, 0.717) is 24.2 Å². The van der Waals surface area contributed by atoms with E-state index in [0.717, 1.165) is 5.56 Å². The maximum absolute atomic E-state index is 14.1. The molecule has 7 heteroatoms. The SMILES string of the molecule is C[C@@H](NC(=O)Nc1cc2c(cc1F)NC(=O)CC2)c1ccccn1. The summed E-state index contributed by atoms with van der Waals surface area (Å²) in [5.74, 6) is -0.735. The van der Waals surface area contributed by atoms with Crippen LogP contribution in [0.2, 0.25) is 0 Å². The number of nitrogens with zero attached hydrogens (tertiary/aromatic N) is 1. The molecule has 0 saturated carbocycles.